The zero-order chi connectivity index (χ0) is 26.5. The molecule has 0 saturated heterocycles. The minimum atomic E-state index is -0.930. The Kier molecular flexibility index (Phi) is 5.56. The number of hydrogen-bond donors (Lipinski definition) is 0. The van der Waals surface area contributed by atoms with Crippen LogP contribution in [0, 0.1) is 39.5 Å². The van der Waals surface area contributed by atoms with E-state index in [-0.39, 0.29) is 10.8 Å². The van der Waals surface area contributed by atoms with E-state index < -0.39 is 24.0 Å². The molecule has 0 N–H and O–H groups in total. The second-order valence-electron chi connectivity index (χ2n) is 12.5. The van der Waals surface area contributed by atoms with Gasteiger partial charge in [-0.3, -0.25) is 0 Å². The van der Waals surface area contributed by atoms with E-state index in [2.05, 4.69) is 104 Å². The van der Waals surface area contributed by atoms with E-state index in [0.29, 0.717) is 0 Å². The predicted octanol–water partition coefficient (Wildman–Crippen LogP) is 4.55. The molecule has 1 fully saturated rings. The molecule has 4 heteroatoms. The molecule has 0 amide bonds. The Bertz CT molecular complexity index is 1210. The summed E-state index contributed by atoms with van der Waals surface area (Å²) in [6.07, 6.45) is 2.14. The molecule has 0 bridgehead atoms. The molecule has 0 aromatic heterocycles. The molecule has 192 valence electrons. The van der Waals surface area contributed by atoms with Gasteiger partial charge in [0.2, 0.25) is 0 Å². The second kappa shape index (κ2) is 7.97. The van der Waals surface area contributed by atoms with Crippen LogP contribution in [0.5, 0.6) is 0 Å². The quantitative estimate of drug-likeness (QED) is 0.628. The first-order valence-corrected chi connectivity index (χ1v) is 13.1. The van der Waals surface area contributed by atoms with Crippen molar-refractivity contribution in [2.75, 3.05) is 23.9 Å². The van der Waals surface area contributed by atoms with Crippen molar-refractivity contribution < 1.29 is 10.2 Å². The van der Waals surface area contributed by atoms with Crippen molar-refractivity contribution in [2.45, 2.75) is 78.4 Å². The summed E-state index contributed by atoms with van der Waals surface area (Å²) in [6, 6.07) is 8.98. The van der Waals surface area contributed by atoms with Crippen LogP contribution in [0.3, 0.4) is 0 Å². The van der Waals surface area contributed by atoms with Crippen molar-refractivity contribution in [1.29, 1.82) is 0 Å². The number of benzene rings is 2. The van der Waals surface area contributed by atoms with Gasteiger partial charge >= 0.3 is 0 Å². The Hall–Kier alpha value is -2.56. The second-order valence-corrected chi connectivity index (χ2v) is 12.5. The van der Waals surface area contributed by atoms with Crippen LogP contribution in [-0.2, 0) is 10.8 Å². The standard InChI is InChI=1S/C32H40N2O2/c1-17-11-23-25(13-19(17)3)33(9)27(31(23,5)6)15-21-29(35)22(30(21)36)16-28-32(7,8)24-12-18(2)20(4)14-26(24)34(28)10/h11-16,21-22,29-30H,1-10H3/q-2. The number of rotatable bonds is 2. The van der Waals surface area contributed by atoms with E-state index in [0.717, 1.165) is 11.4 Å². The fraction of sp³-hybridized carbons (Fsp3) is 0.500. The molecule has 2 aromatic carbocycles. The SMILES string of the molecule is Cc1cc2c(cc1C)C(C)(C)C(=CC1C([O-])C(C=C3N(C)c4cc(C)c(C)cc4C3(C)C)C1[O-])N2C. The van der Waals surface area contributed by atoms with Gasteiger partial charge in [-0.1, -0.05) is 52.0 Å². The number of allylic oxidation sites excluding steroid dienone is 2. The summed E-state index contributed by atoms with van der Waals surface area (Å²) in [7, 11) is 4.12. The maximum Gasteiger partial charge on any atom is 0.0450 e. The zero-order valence-corrected chi connectivity index (χ0v) is 23.5. The van der Waals surface area contributed by atoms with Crippen LogP contribution in [0.1, 0.15) is 61.1 Å². The molecule has 2 aromatic rings. The first-order valence-electron chi connectivity index (χ1n) is 13.1. The van der Waals surface area contributed by atoms with E-state index >= 15 is 0 Å². The average Bonchev–Trinajstić information content (AvgIpc) is 3.09. The summed E-state index contributed by atoms with van der Waals surface area (Å²) >= 11 is 0. The molecule has 0 spiro atoms. The molecule has 2 heterocycles. The maximum absolute atomic E-state index is 13.5. The third-order valence-electron chi connectivity index (χ3n) is 9.51. The van der Waals surface area contributed by atoms with Gasteiger partial charge in [0.15, 0.2) is 0 Å². The van der Waals surface area contributed by atoms with Crippen molar-refractivity contribution in [1.82, 2.24) is 0 Å². The Morgan fingerprint density at radius 3 is 1.25 bits per heavy atom. The van der Waals surface area contributed by atoms with Crippen LogP contribution < -0.4 is 20.0 Å². The van der Waals surface area contributed by atoms with Crippen molar-refractivity contribution in [3.8, 4) is 0 Å². The smallest absolute Gasteiger partial charge is 0.0450 e. The largest absolute Gasteiger partial charge is 0.851 e. The van der Waals surface area contributed by atoms with Crippen molar-refractivity contribution >= 4 is 11.4 Å². The maximum atomic E-state index is 13.5. The highest BCUT2D eigenvalue weighted by Crippen LogP contribution is 2.51. The third kappa shape index (κ3) is 3.34. The Balaban J connectivity index is 1.45. The molecule has 4 nitrogen and oxygen atoms in total. The van der Waals surface area contributed by atoms with Crippen molar-refractivity contribution in [3.63, 3.8) is 0 Å². The number of nitrogens with zero attached hydrogens (tertiary/aromatic N) is 2. The van der Waals surface area contributed by atoms with Crippen molar-refractivity contribution in [2.24, 2.45) is 11.8 Å². The Morgan fingerprint density at radius 1 is 0.611 bits per heavy atom. The van der Waals surface area contributed by atoms with Crippen LogP contribution in [0.25, 0.3) is 0 Å². The minimum absolute atomic E-state index is 0.240. The summed E-state index contributed by atoms with van der Waals surface area (Å²) in [5.74, 6) is -1.02. The van der Waals surface area contributed by atoms with Gasteiger partial charge in [0, 0.05) is 47.7 Å². The number of aryl methyl sites for hydroxylation is 4. The van der Waals surface area contributed by atoms with Crippen LogP contribution >= 0.6 is 0 Å². The van der Waals surface area contributed by atoms with E-state index in [1.165, 1.54) is 44.8 Å². The van der Waals surface area contributed by atoms with Crippen LogP contribution in [0.2, 0.25) is 0 Å². The number of likely N-dealkylation sites (N-methyl/N-ethyl adjacent to an activating group) is 2. The molecule has 2 aliphatic heterocycles. The van der Waals surface area contributed by atoms with Gasteiger partial charge in [-0.25, -0.2) is 0 Å². The molecular weight excluding hydrogens is 444 g/mol. The van der Waals surface area contributed by atoms with E-state index in [4.69, 9.17) is 0 Å². The van der Waals surface area contributed by atoms with Gasteiger partial charge in [-0.05, 0) is 85.0 Å². The average molecular weight is 485 g/mol. The molecule has 0 atom stereocenters. The first kappa shape index (κ1) is 25.1. The molecule has 5 rings (SSSR count). The molecular formula is C32H40N2O2-2. The first-order chi connectivity index (χ1) is 16.7. The van der Waals surface area contributed by atoms with Crippen LogP contribution in [-0.4, -0.2) is 26.3 Å². The zero-order valence-electron chi connectivity index (χ0n) is 23.5. The normalized spacial score (nSPS) is 30.1. The van der Waals surface area contributed by atoms with Crippen LogP contribution in [0.4, 0.5) is 11.4 Å². The van der Waals surface area contributed by atoms with Crippen LogP contribution in [0.15, 0.2) is 47.8 Å². The lowest BCUT2D eigenvalue weighted by atomic mass is 9.66. The fourth-order valence-electron chi connectivity index (χ4n) is 6.66. The summed E-state index contributed by atoms with van der Waals surface area (Å²) in [5.41, 5.74) is 11.6. The third-order valence-corrected chi connectivity index (χ3v) is 9.51. The Morgan fingerprint density at radius 2 is 0.917 bits per heavy atom. The minimum Gasteiger partial charge on any atom is -0.851 e. The lowest BCUT2D eigenvalue weighted by Gasteiger charge is -2.60. The molecule has 0 radical (unpaired) electrons. The highest BCUT2D eigenvalue weighted by atomic mass is 16.3. The monoisotopic (exact) mass is 484 g/mol. The van der Waals surface area contributed by atoms with Gasteiger partial charge in [0.25, 0.3) is 0 Å². The molecule has 1 saturated carbocycles. The highest BCUT2D eigenvalue weighted by Gasteiger charge is 2.44. The molecule has 3 aliphatic rings. The topological polar surface area (TPSA) is 52.6 Å². The summed E-state index contributed by atoms with van der Waals surface area (Å²) < 4.78 is 0. The number of fused-ring (bicyclic) bond motifs is 2. The lowest BCUT2D eigenvalue weighted by Crippen LogP contribution is -2.66. The van der Waals surface area contributed by atoms with E-state index in [1.54, 1.807) is 0 Å². The van der Waals surface area contributed by atoms with E-state index in [1.807, 2.05) is 12.2 Å². The predicted molar refractivity (Wildman–Crippen MR) is 145 cm³/mol. The number of anilines is 2. The van der Waals surface area contributed by atoms with Gasteiger partial charge in [0.1, 0.15) is 0 Å². The fourth-order valence-corrected chi connectivity index (χ4v) is 6.66. The van der Waals surface area contributed by atoms with Gasteiger partial charge in [0.05, 0.1) is 0 Å². The summed E-state index contributed by atoms with van der Waals surface area (Å²) in [5, 5.41) is 27.0. The Labute approximate surface area is 216 Å². The van der Waals surface area contributed by atoms with E-state index in [9.17, 15) is 10.2 Å². The lowest BCUT2D eigenvalue weighted by molar-refractivity contribution is -0.550. The van der Waals surface area contributed by atoms with Gasteiger partial charge in [-0.2, -0.15) is 0 Å². The number of hydrogen-bond acceptors (Lipinski definition) is 4. The van der Waals surface area contributed by atoms with Gasteiger partial charge in [-0.15, -0.1) is 12.2 Å². The molecule has 1 aliphatic carbocycles. The van der Waals surface area contributed by atoms with Gasteiger partial charge < -0.3 is 20.0 Å². The summed E-state index contributed by atoms with van der Waals surface area (Å²) in [4.78, 5) is 4.37. The van der Waals surface area contributed by atoms with Crippen molar-refractivity contribution in [3.05, 3.63) is 81.2 Å². The summed E-state index contributed by atoms with van der Waals surface area (Å²) in [6.45, 7) is 17.3. The molecule has 0 unspecified atom stereocenters. The highest BCUT2D eigenvalue weighted by molar-refractivity contribution is 5.73. The molecule has 36 heavy (non-hydrogen) atoms.